The number of aromatic amines is 1. The lowest BCUT2D eigenvalue weighted by Gasteiger charge is -2.35. The van der Waals surface area contributed by atoms with Crippen LogP contribution in [-0.4, -0.2) is 69.5 Å². The van der Waals surface area contributed by atoms with E-state index in [4.69, 9.17) is 10.5 Å². The van der Waals surface area contributed by atoms with Crippen LogP contribution >= 0.6 is 0 Å². The van der Waals surface area contributed by atoms with E-state index in [1.165, 1.54) is 0 Å². The fourth-order valence-corrected chi connectivity index (χ4v) is 3.74. The number of amides is 3. The minimum absolute atomic E-state index is 0.0917. The third-order valence-electron chi connectivity index (χ3n) is 5.40. The fourth-order valence-electron chi connectivity index (χ4n) is 3.74. The molecule has 0 unspecified atom stereocenters. The first-order valence-corrected chi connectivity index (χ1v) is 10.8. The Morgan fingerprint density at radius 3 is 2.21 bits per heavy atom. The van der Waals surface area contributed by atoms with E-state index in [2.05, 4.69) is 9.97 Å². The summed E-state index contributed by atoms with van der Waals surface area (Å²) in [7, 11) is 0. The first-order chi connectivity index (χ1) is 15.6. The molecule has 2 aromatic carbocycles. The third kappa shape index (κ3) is 4.82. The molecular formula is C24H27N5O4. The van der Waals surface area contributed by atoms with Crippen molar-refractivity contribution in [3.63, 3.8) is 0 Å². The highest BCUT2D eigenvalue weighted by molar-refractivity contribution is 6.04. The van der Waals surface area contributed by atoms with Gasteiger partial charge < -0.3 is 25.3 Å². The van der Waals surface area contributed by atoms with Gasteiger partial charge in [0.25, 0.3) is 11.8 Å². The Kier molecular flexibility index (Phi) is 5.80. The van der Waals surface area contributed by atoms with E-state index in [1.807, 2.05) is 39.0 Å². The predicted molar refractivity (Wildman–Crippen MR) is 124 cm³/mol. The zero-order valence-electron chi connectivity index (χ0n) is 18.9. The predicted octanol–water partition coefficient (Wildman–Crippen LogP) is 3.02. The van der Waals surface area contributed by atoms with Crippen molar-refractivity contribution in [2.24, 2.45) is 5.73 Å². The molecule has 0 bridgehead atoms. The maximum absolute atomic E-state index is 12.9. The SMILES string of the molecule is CC(C)(C)OC(=O)N1CCN(C(=O)c2ccc(-c3nc4c(C(N)=O)cccc4[nH]3)cc2)CC1. The number of nitrogens with zero attached hydrogens (tertiary/aromatic N) is 3. The van der Waals surface area contributed by atoms with Crippen LogP contribution in [0.5, 0.6) is 0 Å². The number of aromatic nitrogens is 2. The average molecular weight is 450 g/mol. The van der Waals surface area contributed by atoms with Crippen molar-refractivity contribution in [3.05, 3.63) is 53.6 Å². The van der Waals surface area contributed by atoms with Crippen LogP contribution in [0.4, 0.5) is 4.79 Å². The van der Waals surface area contributed by atoms with E-state index < -0.39 is 11.5 Å². The van der Waals surface area contributed by atoms with Crippen molar-refractivity contribution in [1.29, 1.82) is 0 Å². The van der Waals surface area contributed by atoms with Crippen LogP contribution in [0.2, 0.25) is 0 Å². The maximum Gasteiger partial charge on any atom is 0.410 e. The number of carbonyl (C=O) groups is 3. The number of H-pyrrole nitrogens is 1. The molecule has 2 heterocycles. The van der Waals surface area contributed by atoms with Gasteiger partial charge in [-0.25, -0.2) is 9.78 Å². The number of hydrogen-bond donors (Lipinski definition) is 2. The number of hydrogen-bond acceptors (Lipinski definition) is 5. The van der Waals surface area contributed by atoms with Gasteiger partial charge in [-0.2, -0.15) is 0 Å². The molecule has 1 aliphatic heterocycles. The lowest BCUT2D eigenvalue weighted by molar-refractivity contribution is 0.0141. The highest BCUT2D eigenvalue weighted by atomic mass is 16.6. The van der Waals surface area contributed by atoms with E-state index in [0.717, 1.165) is 5.56 Å². The second-order valence-electron chi connectivity index (χ2n) is 8.99. The summed E-state index contributed by atoms with van der Waals surface area (Å²) in [5.41, 5.74) is 7.81. The molecule has 0 aliphatic carbocycles. The molecule has 1 aromatic heterocycles. The Morgan fingerprint density at radius 2 is 1.61 bits per heavy atom. The zero-order chi connectivity index (χ0) is 23.8. The standard InChI is InChI=1S/C24H27N5O4/c1-24(2,3)33-23(32)29-13-11-28(12-14-29)22(31)16-9-7-15(8-10-16)21-26-18-6-4-5-17(20(25)30)19(18)27-21/h4-10H,11-14H2,1-3H3,(H2,25,30)(H,26,27). The molecule has 1 aliphatic rings. The number of nitrogens with two attached hydrogens (primary N) is 1. The fraction of sp³-hybridized carbons (Fsp3) is 0.333. The van der Waals surface area contributed by atoms with E-state index in [1.54, 1.807) is 34.1 Å². The number of nitrogens with one attached hydrogen (secondary N) is 1. The van der Waals surface area contributed by atoms with Crippen molar-refractivity contribution in [3.8, 4) is 11.4 Å². The Labute approximate surface area is 191 Å². The largest absolute Gasteiger partial charge is 0.444 e. The molecule has 0 saturated carbocycles. The normalized spacial score (nSPS) is 14.4. The van der Waals surface area contributed by atoms with Gasteiger partial charge in [0.1, 0.15) is 16.9 Å². The molecular weight excluding hydrogens is 422 g/mol. The van der Waals surface area contributed by atoms with E-state index >= 15 is 0 Å². The second-order valence-corrected chi connectivity index (χ2v) is 8.99. The van der Waals surface area contributed by atoms with Gasteiger partial charge in [-0.3, -0.25) is 9.59 Å². The molecule has 9 nitrogen and oxygen atoms in total. The quantitative estimate of drug-likeness (QED) is 0.637. The summed E-state index contributed by atoms with van der Waals surface area (Å²) in [5.74, 6) is -0.0407. The van der Waals surface area contributed by atoms with Gasteiger partial charge in [0.2, 0.25) is 0 Å². The number of fused-ring (bicyclic) bond motifs is 1. The minimum atomic E-state index is -0.549. The number of piperazine rings is 1. The van der Waals surface area contributed by atoms with Crippen LogP contribution in [0.1, 0.15) is 41.5 Å². The smallest absolute Gasteiger partial charge is 0.410 e. The van der Waals surface area contributed by atoms with Gasteiger partial charge in [-0.15, -0.1) is 0 Å². The van der Waals surface area contributed by atoms with Gasteiger partial charge >= 0.3 is 6.09 Å². The monoisotopic (exact) mass is 449 g/mol. The van der Waals surface area contributed by atoms with Crippen molar-refractivity contribution in [2.45, 2.75) is 26.4 Å². The van der Waals surface area contributed by atoms with E-state index in [9.17, 15) is 14.4 Å². The van der Waals surface area contributed by atoms with Gasteiger partial charge in [0.15, 0.2) is 0 Å². The first-order valence-electron chi connectivity index (χ1n) is 10.8. The van der Waals surface area contributed by atoms with Gasteiger partial charge in [0.05, 0.1) is 11.1 Å². The van der Waals surface area contributed by atoms with Crippen LogP contribution in [0.3, 0.4) is 0 Å². The Morgan fingerprint density at radius 1 is 0.970 bits per heavy atom. The summed E-state index contributed by atoms with van der Waals surface area (Å²) < 4.78 is 5.40. The van der Waals surface area contributed by atoms with Crippen molar-refractivity contribution >= 4 is 28.9 Å². The third-order valence-corrected chi connectivity index (χ3v) is 5.40. The van der Waals surface area contributed by atoms with Gasteiger partial charge in [0, 0.05) is 37.3 Å². The lowest BCUT2D eigenvalue weighted by Crippen LogP contribution is -2.51. The van der Waals surface area contributed by atoms with Crippen molar-refractivity contribution < 1.29 is 19.1 Å². The average Bonchev–Trinajstić information content (AvgIpc) is 3.22. The zero-order valence-corrected chi connectivity index (χ0v) is 18.9. The van der Waals surface area contributed by atoms with Crippen molar-refractivity contribution in [2.75, 3.05) is 26.2 Å². The summed E-state index contributed by atoms with van der Waals surface area (Å²) in [5, 5.41) is 0. The van der Waals surface area contributed by atoms with E-state index in [-0.39, 0.29) is 12.0 Å². The van der Waals surface area contributed by atoms with Crippen LogP contribution < -0.4 is 5.73 Å². The van der Waals surface area contributed by atoms with Crippen LogP contribution in [-0.2, 0) is 4.74 Å². The molecule has 1 fully saturated rings. The molecule has 33 heavy (non-hydrogen) atoms. The Balaban J connectivity index is 1.43. The Bertz CT molecular complexity index is 1200. The van der Waals surface area contributed by atoms with Crippen LogP contribution in [0, 0.1) is 0 Å². The molecule has 1 saturated heterocycles. The summed E-state index contributed by atoms with van der Waals surface area (Å²) in [6.45, 7) is 7.24. The van der Waals surface area contributed by atoms with Crippen molar-refractivity contribution in [1.82, 2.24) is 19.8 Å². The summed E-state index contributed by atoms with van der Waals surface area (Å²) >= 11 is 0. The number of para-hydroxylation sites is 1. The molecule has 9 heteroatoms. The van der Waals surface area contributed by atoms with Gasteiger partial charge in [-0.05, 0) is 45.0 Å². The maximum atomic E-state index is 12.9. The van der Waals surface area contributed by atoms with E-state index in [0.29, 0.717) is 54.2 Å². The molecule has 3 amide bonds. The number of ether oxygens (including phenoxy) is 1. The van der Waals surface area contributed by atoms with Crippen LogP contribution in [0.15, 0.2) is 42.5 Å². The number of benzene rings is 2. The Hall–Kier alpha value is -3.88. The summed E-state index contributed by atoms with van der Waals surface area (Å²) in [4.78, 5) is 47.9. The molecule has 4 rings (SSSR count). The highest BCUT2D eigenvalue weighted by Crippen LogP contribution is 2.23. The minimum Gasteiger partial charge on any atom is -0.444 e. The molecule has 172 valence electrons. The van der Waals surface area contributed by atoms with Crippen LogP contribution in [0.25, 0.3) is 22.4 Å². The number of imidazole rings is 1. The number of primary amides is 1. The number of rotatable bonds is 3. The summed E-state index contributed by atoms with van der Waals surface area (Å²) in [6, 6.07) is 12.3. The highest BCUT2D eigenvalue weighted by Gasteiger charge is 2.28. The molecule has 3 aromatic rings. The summed E-state index contributed by atoms with van der Waals surface area (Å²) in [6.07, 6.45) is -0.357. The topological polar surface area (TPSA) is 122 Å². The first kappa shape index (κ1) is 22.3. The number of carbonyl (C=O) groups excluding carboxylic acids is 3. The van der Waals surface area contributed by atoms with Gasteiger partial charge in [-0.1, -0.05) is 18.2 Å². The molecule has 3 N–H and O–H groups in total. The molecule has 0 spiro atoms. The lowest BCUT2D eigenvalue weighted by atomic mass is 10.1. The molecule has 0 radical (unpaired) electrons. The second kappa shape index (κ2) is 8.57. The molecule has 0 atom stereocenters.